The van der Waals surface area contributed by atoms with Gasteiger partial charge in [0.2, 0.25) is 5.91 Å². The number of Topliss-reactive ketones (excluding diaryl/α,β-unsaturated/α-hetero) is 1. The van der Waals surface area contributed by atoms with E-state index in [1.807, 2.05) is 20.3 Å². The molecule has 1 aliphatic carbocycles. The van der Waals surface area contributed by atoms with E-state index >= 15 is 0 Å². The van der Waals surface area contributed by atoms with E-state index in [0.717, 1.165) is 47.5 Å². The molecule has 3 rings (SSSR count). The largest absolute Gasteiger partial charge is 0.348 e. The van der Waals surface area contributed by atoms with Crippen LogP contribution in [-0.2, 0) is 37.8 Å². The molecule has 2 heterocycles. The van der Waals surface area contributed by atoms with E-state index in [1.165, 1.54) is 0 Å². The zero-order chi connectivity index (χ0) is 20.6. The molecule has 0 spiro atoms. The number of aryl methyl sites for hydroxylation is 1. The molecular formula is C22H32N4O2. The molecule has 0 fully saturated rings. The third-order valence-electron chi connectivity index (χ3n) is 5.70. The van der Waals surface area contributed by atoms with Crippen molar-refractivity contribution in [2.45, 2.75) is 66.5 Å². The molecule has 0 radical (unpaired) electrons. The Hall–Kier alpha value is -2.37. The Balaban J connectivity index is 1.89. The van der Waals surface area contributed by atoms with Gasteiger partial charge >= 0.3 is 0 Å². The van der Waals surface area contributed by atoms with Crippen LogP contribution in [0.25, 0.3) is 0 Å². The van der Waals surface area contributed by atoms with Crippen molar-refractivity contribution in [3.05, 3.63) is 40.5 Å². The molecule has 2 aromatic heterocycles. The fourth-order valence-electron chi connectivity index (χ4n) is 4.35. The number of likely N-dealkylation sites (N-methyl/N-ethyl adjacent to an activating group) is 1. The Kier molecular flexibility index (Phi) is 5.50. The minimum absolute atomic E-state index is 0.0287. The molecule has 0 aliphatic heterocycles. The molecular weight excluding hydrogens is 352 g/mol. The molecule has 0 bridgehead atoms. The van der Waals surface area contributed by atoms with Crippen molar-refractivity contribution in [3.8, 4) is 0 Å². The summed E-state index contributed by atoms with van der Waals surface area (Å²) in [5, 5.41) is 4.16. The van der Waals surface area contributed by atoms with Crippen molar-refractivity contribution in [2.24, 2.45) is 12.5 Å². The van der Waals surface area contributed by atoms with Gasteiger partial charge in [-0.05, 0) is 30.7 Å². The van der Waals surface area contributed by atoms with Gasteiger partial charge < -0.3 is 9.47 Å². The predicted octanol–water partition coefficient (Wildman–Crippen LogP) is 3.30. The van der Waals surface area contributed by atoms with Gasteiger partial charge in [-0.2, -0.15) is 5.10 Å². The normalized spacial score (nSPS) is 15.6. The Morgan fingerprint density at radius 1 is 1.32 bits per heavy atom. The van der Waals surface area contributed by atoms with Gasteiger partial charge in [0.25, 0.3) is 0 Å². The van der Waals surface area contributed by atoms with Gasteiger partial charge in [0.05, 0.1) is 12.6 Å². The first kappa shape index (κ1) is 20.4. The summed E-state index contributed by atoms with van der Waals surface area (Å²) in [5.74, 6) is 0.211. The number of carbonyl (C=O) groups excluding carboxylic acids is 2. The van der Waals surface area contributed by atoms with E-state index in [9.17, 15) is 9.59 Å². The third-order valence-corrected chi connectivity index (χ3v) is 5.70. The molecule has 1 aliphatic rings. The van der Waals surface area contributed by atoms with Crippen molar-refractivity contribution in [1.82, 2.24) is 19.2 Å². The smallest absolute Gasteiger partial charge is 0.227 e. The van der Waals surface area contributed by atoms with Crippen LogP contribution in [-0.4, -0.2) is 38.0 Å². The van der Waals surface area contributed by atoms with Crippen molar-refractivity contribution in [3.63, 3.8) is 0 Å². The van der Waals surface area contributed by atoms with Crippen LogP contribution in [0.1, 0.15) is 66.5 Å². The molecule has 0 saturated heterocycles. The second-order valence-corrected chi connectivity index (χ2v) is 8.93. The summed E-state index contributed by atoms with van der Waals surface area (Å²) in [6, 6.07) is 0. The minimum Gasteiger partial charge on any atom is -0.348 e. The van der Waals surface area contributed by atoms with Gasteiger partial charge in [0.1, 0.15) is 0 Å². The van der Waals surface area contributed by atoms with Crippen LogP contribution < -0.4 is 0 Å². The molecule has 0 atom stereocenters. The number of amides is 1. The third kappa shape index (κ3) is 3.91. The minimum atomic E-state index is -0.0290. The summed E-state index contributed by atoms with van der Waals surface area (Å²) in [6.45, 7) is 9.91. The van der Waals surface area contributed by atoms with Crippen LogP contribution in [0.15, 0.2) is 12.4 Å². The van der Waals surface area contributed by atoms with E-state index < -0.39 is 0 Å². The highest BCUT2D eigenvalue weighted by molar-refractivity contribution is 6.01. The highest BCUT2D eigenvalue weighted by atomic mass is 16.2. The van der Waals surface area contributed by atoms with Crippen LogP contribution in [0.4, 0.5) is 0 Å². The van der Waals surface area contributed by atoms with E-state index in [4.69, 9.17) is 0 Å². The molecule has 0 aromatic carbocycles. The summed E-state index contributed by atoms with van der Waals surface area (Å²) in [6.07, 6.45) is 6.40. The predicted molar refractivity (Wildman–Crippen MR) is 109 cm³/mol. The van der Waals surface area contributed by atoms with E-state index in [0.29, 0.717) is 13.0 Å². The van der Waals surface area contributed by atoms with Crippen LogP contribution in [0.5, 0.6) is 0 Å². The standard InChI is InChI=1S/C22H32N4O2/c1-7-8-26-15(2)17(21-18(26)10-22(3,4)11-19(21)27)9-20(28)24(5)13-16-12-23-25(6)14-16/h12,14H,7-11,13H2,1-6H3. The number of hydrogen-bond donors (Lipinski definition) is 0. The Morgan fingerprint density at radius 2 is 2.04 bits per heavy atom. The zero-order valence-corrected chi connectivity index (χ0v) is 18.0. The van der Waals surface area contributed by atoms with Crippen LogP contribution in [0, 0.1) is 12.3 Å². The SMILES string of the molecule is CCCn1c(C)c(CC(=O)N(C)Cc2cnn(C)c2)c2c1CC(C)(C)CC2=O. The number of ketones is 1. The lowest BCUT2D eigenvalue weighted by atomic mass is 9.75. The monoisotopic (exact) mass is 384 g/mol. The quantitative estimate of drug-likeness (QED) is 0.768. The van der Waals surface area contributed by atoms with Crippen molar-refractivity contribution >= 4 is 11.7 Å². The van der Waals surface area contributed by atoms with Gasteiger partial charge in [-0.1, -0.05) is 20.8 Å². The first-order valence-electron chi connectivity index (χ1n) is 10.1. The molecule has 2 aromatic rings. The fourth-order valence-corrected chi connectivity index (χ4v) is 4.35. The lowest BCUT2D eigenvalue weighted by Gasteiger charge is -2.30. The lowest BCUT2D eigenvalue weighted by molar-refractivity contribution is -0.129. The maximum absolute atomic E-state index is 13.0. The Morgan fingerprint density at radius 3 is 2.64 bits per heavy atom. The maximum Gasteiger partial charge on any atom is 0.227 e. The van der Waals surface area contributed by atoms with Gasteiger partial charge in [-0.15, -0.1) is 0 Å². The molecule has 0 saturated carbocycles. The van der Waals surface area contributed by atoms with E-state index in [1.54, 1.807) is 15.8 Å². The Bertz CT molecular complexity index is 904. The first-order chi connectivity index (χ1) is 13.1. The van der Waals surface area contributed by atoms with Gasteiger partial charge in [-0.25, -0.2) is 0 Å². The van der Waals surface area contributed by atoms with Crippen LogP contribution >= 0.6 is 0 Å². The average molecular weight is 385 g/mol. The number of fused-ring (bicyclic) bond motifs is 1. The Labute approximate surface area is 167 Å². The second-order valence-electron chi connectivity index (χ2n) is 8.93. The van der Waals surface area contributed by atoms with Crippen LogP contribution in [0.2, 0.25) is 0 Å². The number of nitrogens with zero attached hydrogens (tertiary/aromatic N) is 4. The molecule has 0 N–H and O–H groups in total. The topological polar surface area (TPSA) is 60.1 Å². The van der Waals surface area contributed by atoms with Gasteiger partial charge in [-0.3, -0.25) is 14.3 Å². The van der Waals surface area contributed by atoms with Crippen molar-refractivity contribution in [2.75, 3.05) is 7.05 Å². The van der Waals surface area contributed by atoms with Gasteiger partial charge in [0.15, 0.2) is 5.78 Å². The van der Waals surface area contributed by atoms with Crippen LogP contribution in [0.3, 0.4) is 0 Å². The number of rotatable bonds is 6. The second kappa shape index (κ2) is 7.57. The van der Waals surface area contributed by atoms with Crippen molar-refractivity contribution in [1.29, 1.82) is 0 Å². The zero-order valence-electron chi connectivity index (χ0n) is 18.0. The molecule has 6 heteroatoms. The first-order valence-corrected chi connectivity index (χ1v) is 10.1. The molecule has 0 unspecified atom stereocenters. The molecule has 1 amide bonds. The average Bonchev–Trinajstić information content (AvgIpc) is 3.10. The number of hydrogen-bond acceptors (Lipinski definition) is 3. The highest BCUT2D eigenvalue weighted by Gasteiger charge is 2.37. The number of carbonyl (C=O) groups is 2. The van der Waals surface area contributed by atoms with Crippen molar-refractivity contribution < 1.29 is 9.59 Å². The number of aromatic nitrogens is 3. The molecule has 152 valence electrons. The maximum atomic E-state index is 13.0. The summed E-state index contributed by atoms with van der Waals surface area (Å²) in [7, 11) is 3.68. The van der Waals surface area contributed by atoms with Gasteiger partial charge in [0, 0.05) is 62.3 Å². The van der Waals surface area contributed by atoms with E-state index in [-0.39, 0.29) is 23.5 Å². The summed E-state index contributed by atoms with van der Waals surface area (Å²) >= 11 is 0. The fraction of sp³-hybridized carbons (Fsp3) is 0.591. The highest BCUT2D eigenvalue weighted by Crippen LogP contribution is 2.39. The summed E-state index contributed by atoms with van der Waals surface area (Å²) < 4.78 is 4.01. The summed E-state index contributed by atoms with van der Waals surface area (Å²) in [5.41, 5.74) is 4.90. The molecule has 6 nitrogen and oxygen atoms in total. The molecule has 28 heavy (non-hydrogen) atoms. The van der Waals surface area contributed by atoms with E-state index in [2.05, 4.69) is 37.4 Å². The summed E-state index contributed by atoms with van der Waals surface area (Å²) in [4.78, 5) is 27.6. The lowest BCUT2D eigenvalue weighted by Crippen LogP contribution is -2.30.